The molecule has 0 atom stereocenters. The number of hydrogen-bond donors (Lipinski definition) is 2. The van der Waals surface area contributed by atoms with E-state index in [9.17, 15) is 5.11 Å². The molecule has 2 rings (SSSR count). The second kappa shape index (κ2) is 5.23. The molecular formula is C12H18N2O3. The lowest BCUT2D eigenvalue weighted by molar-refractivity contribution is 0.325. The van der Waals surface area contributed by atoms with E-state index in [1.165, 1.54) is 6.20 Å². The van der Waals surface area contributed by atoms with E-state index in [1.807, 2.05) is 0 Å². The van der Waals surface area contributed by atoms with Gasteiger partial charge in [0.05, 0.1) is 20.4 Å². The normalized spacial score (nSPS) is 16.8. The number of ether oxygens (including phenoxy) is 2. The Morgan fingerprint density at radius 1 is 1.29 bits per heavy atom. The Morgan fingerprint density at radius 2 is 2.00 bits per heavy atom. The quantitative estimate of drug-likeness (QED) is 0.830. The van der Waals surface area contributed by atoms with E-state index < -0.39 is 0 Å². The average molecular weight is 238 g/mol. The first kappa shape index (κ1) is 12.0. The highest BCUT2D eigenvalue weighted by Crippen LogP contribution is 2.42. The number of nitrogens with zero attached hydrogens (tertiary/aromatic N) is 1. The Bertz CT molecular complexity index is 390. The number of piperidine rings is 1. The molecule has 1 aliphatic rings. The molecule has 1 aromatic rings. The van der Waals surface area contributed by atoms with Crippen molar-refractivity contribution >= 4 is 0 Å². The van der Waals surface area contributed by atoms with Crippen LogP contribution in [0.2, 0.25) is 0 Å². The van der Waals surface area contributed by atoms with Gasteiger partial charge in [0.1, 0.15) is 5.75 Å². The smallest absolute Gasteiger partial charge is 0.257 e. The molecule has 0 aromatic carbocycles. The first-order valence-electron chi connectivity index (χ1n) is 5.78. The molecule has 1 saturated heterocycles. The van der Waals surface area contributed by atoms with Crippen LogP contribution in [-0.2, 0) is 0 Å². The summed E-state index contributed by atoms with van der Waals surface area (Å²) in [6.45, 7) is 1.91. The number of methoxy groups -OCH3 is 2. The van der Waals surface area contributed by atoms with Gasteiger partial charge in [0.15, 0.2) is 5.75 Å². The summed E-state index contributed by atoms with van der Waals surface area (Å²) in [5, 5.41) is 13.3. The molecule has 5 heteroatoms. The van der Waals surface area contributed by atoms with Crippen molar-refractivity contribution in [2.45, 2.75) is 18.8 Å². The third-order valence-corrected chi connectivity index (χ3v) is 3.16. The Hall–Kier alpha value is -1.49. The summed E-state index contributed by atoms with van der Waals surface area (Å²) in [5.74, 6) is 1.47. The summed E-state index contributed by atoms with van der Waals surface area (Å²) in [5.41, 5.74) is 0.820. The summed E-state index contributed by atoms with van der Waals surface area (Å²) < 4.78 is 10.5. The van der Waals surface area contributed by atoms with Gasteiger partial charge >= 0.3 is 0 Å². The summed E-state index contributed by atoms with van der Waals surface area (Å²) in [4.78, 5) is 4.01. The van der Waals surface area contributed by atoms with Gasteiger partial charge < -0.3 is 19.9 Å². The Morgan fingerprint density at radius 3 is 2.59 bits per heavy atom. The van der Waals surface area contributed by atoms with E-state index in [4.69, 9.17) is 9.47 Å². The van der Waals surface area contributed by atoms with Crippen molar-refractivity contribution in [3.05, 3.63) is 11.8 Å². The fraction of sp³-hybridized carbons (Fsp3) is 0.583. The standard InChI is InChI=1S/C12H18N2O3/c1-16-11-10(8-3-5-13-6-4-8)9(15)7-14-12(11)17-2/h7-8,13,15H,3-6H2,1-2H3. The third kappa shape index (κ3) is 2.29. The van der Waals surface area contributed by atoms with E-state index in [0.29, 0.717) is 17.5 Å². The van der Waals surface area contributed by atoms with Gasteiger partial charge in [-0.3, -0.25) is 0 Å². The number of aromatic hydroxyl groups is 1. The molecule has 5 nitrogen and oxygen atoms in total. The van der Waals surface area contributed by atoms with Crippen molar-refractivity contribution in [3.8, 4) is 17.4 Å². The van der Waals surface area contributed by atoms with E-state index in [0.717, 1.165) is 31.5 Å². The summed E-state index contributed by atoms with van der Waals surface area (Å²) in [7, 11) is 3.12. The molecular weight excluding hydrogens is 220 g/mol. The monoisotopic (exact) mass is 238 g/mol. The van der Waals surface area contributed by atoms with Gasteiger partial charge in [0.25, 0.3) is 5.88 Å². The highest BCUT2D eigenvalue weighted by molar-refractivity contribution is 5.51. The van der Waals surface area contributed by atoms with Gasteiger partial charge in [-0.1, -0.05) is 0 Å². The van der Waals surface area contributed by atoms with Crippen LogP contribution in [0, 0.1) is 0 Å². The van der Waals surface area contributed by atoms with Crippen molar-refractivity contribution < 1.29 is 14.6 Å². The Labute approximate surface area is 101 Å². The zero-order valence-electron chi connectivity index (χ0n) is 10.2. The number of aromatic nitrogens is 1. The second-order valence-electron chi connectivity index (χ2n) is 4.12. The highest BCUT2D eigenvalue weighted by atomic mass is 16.5. The topological polar surface area (TPSA) is 63.6 Å². The predicted molar refractivity (Wildman–Crippen MR) is 63.9 cm³/mol. The van der Waals surface area contributed by atoms with E-state index in [1.54, 1.807) is 14.2 Å². The molecule has 0 radical (unpaired) electrons. The largest absolute Gasteiger partial charge is 0.506 e. The predicted octanol–water partition coefficient (Wildman–Crippen LogP) is 1.27. The summed E-state index contributed by atoms with van der Waals surface area (Å²) >= 11 is 0. The van der Waals surface area contributed by atoms with Crippen molar-refractivity contribution in [2.24, 2.45) is 0 Å². The van der Waals surface area contributed by atoms with Crippen LogP contribution in [0.5, 0.6) is 17.4 Å². The number of pyridine rings is 1. The molecule has 1 fully saturated rings. The molecule has 1 aromatic heterocycles. The van der Waals surface area contributed by atoms with Crippen LogP contribution in [-0.4, -0.2) is 37.4 Å². The van der Waals surface area contributed by atoms with Crippen LogP contribution in [0.25, 0.3) is 0 Å². The van der Waals surface area contributed by atoms with Gasteiger partial charge in [0, 0.05) is 5.56 Å². The minimum absolute atomic E-state index is 0.189. The molecule has 0 spiro atoms. The molecule has 17 heavy (non-hydrogen) atoms. The highest BCUT2D eigenvalue weighted by Gasteiger charge is 2.25. The van der Waals surface area contributed by atoms with Crippen LogP contribution in [0.4, 0.5) is 0 Å². The van der Waals surface area contributed by atoms with Crippen LogP contribution in [0.15, 0.2) is 6.20 Å². The van der Waals surface area contributed by atoms with Crippen LogP contribution >= 0.6 is 0 Å². The van der Waals surface area contributed by atoms with Crippen molar-refractivity contribution in [1.82, 2.24) is 10.3 Å². The fourth-order valence-electron chi connectivity index (χ4n) is 2.33. The van der Waals surface area contributed by atoms with Crippen LogP contribution < -0.4 is 14.8 Å². The molecule has 2 heterocycles. The number of hydrogen-bond acceptors (Lipinski definition) is 5. The maximum atomic E-state index is 9.98. The number of nitrogens with one attached hydrogen (secondary N) is 1. The van der Waals surface area contributed by atoms with Gasteiger partial charge in [-0.05, 0) is 31.8 Å². The van der Waals surface area contributed by atoms with Crippen molar-refractivity contribution in [2.75, 3.05) is 27.3 Å². The Balaban J connectivity index is 2.41. The second-order valence-corrected chi connectivity index (χ2v) is 4.12. The summed E-state index contributed by atoms with van der Waals surface area (Å²) in [6.07, 6.45) is 3.40. The average Bonchev–Trinajstić information content (AvgIpc) is 2.39. The molecule has 0 amide bonds. The summed E-state index contributed by atoms with van der Waals surface area (Å²) in [6, 6.07) is 0. The lowest BCUT2D eigenvalue weighted by Crippen LogP contribution is -2.27. The molecule has 0 aliphatic carbocycles. The van der Waals surface area contributed by atoms with Gasteiger partial charge in [0.2, 0.25) is 0 Å². The minimum atomic E-state index is 0.189. The first-order valence-corrected chi connectivity index (χ1v) is 5.78. The van der Waals surface area contributed by atoms with Crippen molar-refractivity contribution in [3.63, 3.8) is 0 Å². The third-order valence-electron chi connectivity index (χ3n) is 3.16. The lowest BCUT2D eigenvalue weighted by atomic mass is 9.89. The van der Waals surface area contributed by atoms with Gasteiger partial charge in [-0.25, -0.2) is 4.98 Å². The molecule has 0 unspecified atom stereocenters. The van der Waals surface area contributed by atoms with Crippen molar-refractivity contribution in [1.29, 1.82) is 0 Å². The molecule has 2 N–H and O–H groups in total. The van der Waals surface area contributed by atoms with E-state index in [2.05, 4.69) is 10.3 Å². The maximum absolute atomic E-state index is 9.98. The molecule has 0 bridgehead atoms. The lowest BCUT2D eigenvalue weighted by Gasteiger charge is -2.25. The van der Waals surface area contributed by atoms with Crippen LogP contribution in [0.1, 0.15) is 24.3 Å². The molecule has 1 aliphatic heterocycles. The van der Waals surface area contributed by atoms with E-state index in [-0.39, 0.29) is 5.75 Å². The first-order chi connectivity index (χ1) is 8.27. The molecule has 94 valence electrons. The molecule has 0 saturated carbocycles. The minimum Gasteiger partial charge on any atom is -0.506 e. The number of rotatable bonds is 3. The zero-order chi connectivity index (χ0) is 12.3. The zero-order valence-corrected chi connectivity index (χ0v) is 10.2. The van der Waals surface area contributed by atoms with Gasteiger partial charge in [-0.2, -0.15) is 0 Å². The van der Waals surface area contributed by atoms with Gasteiger partial charge in [-0.15, -0.1) is 0 Å². The fourth-order valence-corrected chi connectivity index (χ4v) is 2.33. The SMILES string of the molecule is COc1ncc(O)c(C2CCNCC2)c1OC. The maximum Gasteiger partial charge on any atom is 0.257 e. The van der Waals surface area contributed by atoms with E-state index >= 15 is 0 Å². The Kier molecular flexibility index (Phi) is 3.68. The van der Waals surface area contributed by atoms with Crippen LogP contribution in [0.3, 0.4) is 0 Å².